The van der Waals surface area contributed by atoms with Crippen LogP contribution in [0.25, 0.3) is 0 Å². The average Bonchev–Trinajstić information content (AvgIpc) is 2.50. The van der Waals surface area contributed by atoms with Gasteiger partial charge in [0.25, 0.3) is 0 Å². The van der Waals surface area contributed by atoms with Gasteiger partial charge in [0.2, 0.25) is 0 Å². The summed E-state index contributed by atoms with van der Waals surface area (Å²) < 4.78 is 5.18. The van der Waals surface area contributed by atoms with Crippen molar-refractivity contribution >= 4 is 6.09 Å². The van der Waals surface area contributed by atoms with Crippen LogP contribution in [0.15, 0.2) is 0 Å². The van der Waals surface area contributed by atoms with E-state index in [-0.39, 0.29) is 6.09 Å². The Morgan fingerprint density at radius 1 is 1.36 bits per heavy atom. The molecule has 3 atom stereocenters. The predicted octanol–water partition coefficient (Wildman–Crippen LogP) is 0.729. The lowest BCUT2D eigenvalue weighted by Gasteiger charge is -2.20. The van der Waals surface area contributed by atoms with Gasteiger partial charge in [0, 0.05) is 19.1 Å². The summed E-state index contributed by atoms with van der Waals surface area (Å²) in [5, 5.41) is 6.19. The van der Waals surface area contributed by atoms with Crippen LogP contribution in [0.4, 0.5) is 4.79 Å². The summed E-state index contributed by atoms with van der Waals surface area (Å²) in [5.74, 6) is 1.28. The Bertz CT molecular complexity index is 237. The number of fused-ring (bicyclic) bond motifs is 1. The van der Waals surface area contributed by atoms with Crippen LogP contribution in [0.3, 0.4) is 0 Å². The molecular weight excluding hydrogens is 180 g/mol. The van der Waals surface area contributed by atoms with Gasteiger partial charge in [-0.2, -0.15) is 0 Å². The molecule has 2 fully saturated rings. The molecule has 1 amide bonds. The summed E-state index contributed by atoms with van der Waals surface area (Å²) in [6, 6.07) is 0.353. The van der Waals surface area contributed by atoms with Crippen LogP contribution in [-0.2, 0) is 4.74 Å². The van der Waals surface area contributed by atoms with Crippen molar-refractivity contribution < 1.29 is 9.53 Å². The quantitative estimate of drug-likeness (QED) is 0.653. The maximum atomic E-state index is 11.4. The van der Waals surface area contributed by atoms with Crippen molar-refractivity contribution in [2.24, 2.45) is 11.8 Å². The van der Waals surface area contributed by atoms with Crippen molar-refractivity contribution in [3.8, 4) is 0 Å². The second-order valence-electron chi connectivity index (χ2n) is 5.16. The number of ether oxygens (including phenoxy) is 1. The van der Waals surface area contributed by atoms with Crippen LogP contribution in [0.2, 0.25) is 0 Å². The molecule has 1 aliphatic heterocycles. The van der Waals surface area contributed by atoms with E-state index in [4.69, 9.17) is 4.74 Å². The molecule has 2 unspecified atom stereocenters. The lowest BCUT2D eigenvalue weighted by molar-refractivity contribution is 0.0518. The Morgan fingerprint density at radius 3 is 2.43 bits per heavy atom. The van der Waals surface area contributed by atoms with Gasteiger partial charge in [-0.1, -0.05) is 0 Å². The lowest BCUT2D eigenvalue weighted by atomic mass is 10.2. The Hall–Kier alpha value is -0.770. The normalized spacial score (nSPS) is 34.9. The first kappa shape index (κ1) is 9.77. The third-order valence-corrected chi connectivity index (χ3v) is 2.78. The summed E-state index contributed by atoms with van der Waals surface area (Å²) in [7, 11) is 0. The standard InChI is InChI=1S/C10H18N2O2/c1-10(2,3)14-9(13)12-8-6-4-11-5-7(6)8/h6-8,11H,4-5H2,1-3H3,(H,12,13)/t6-,7?,8?/m0/s1. The topological polar surface area (TPSA) is 50.4 Å². The molecule has 0 aromatic heterocycles. The molecular formula is C10H18N2O2. The Morgan fingerprint density at radius 2 is 1.93 bits per heavy atom. The molecule has 1 saturated heterocycles. The fraction of sp³-hybridized carbons (Fsp3) is 0.900. The SMILES string of the molecule is CC(C)(C)OC(=O)NC1C2CNC[C@@H]21. The number of rotatable bonds is 1. The minimum atomic E-state index is -0.396. The van der Waals surface area contributed by atoms with E-state index in [1.54, 1.807) is 0 Å². The first-order chi connectivity index (χ1) is 6.47. The zero-order valence-corrected chi connectivity index (χ0v) is 8.96. The smallest absolute Gasteiger partial charge is 0.407 e. The van der Waals surface area contributed by atoms with Crippen molar-refractivity contribution in [2.75, 3.05) is 13.1 Å². The van der Waals surface area contributed by atoms with Gasteiger partial charge in [0.1, 0.15) is 5.60 Å². The molecule has 1 aliphatic carbocycles. The molecule has 0 aromatic rings. The van der Waals surface area contributed by atoms with Crippen molar-refractivity contribution in [2.45, 2.75) is 32.4 Å². The van der Waals surface area contributed by atoms with Gasteiger partial charge in [0.15, 0.2) is 0 Å². The highest BCUT2D eigenvalue weighted by Crippen LogP contribution is 2.41. The van der Waals surface area contributed by atoms with E-state index >= 15 is 0 Å². The molecule has 14 heavy (non-hydrogen) atoms. The van der Waals surface area contributed by atoms with Gasteiger partial charge in [-0.15, -0.1) is 0 Å². The van der Waals surface area contributed by atoms with Crippen molar-refractivity contribution in [3.05, 3.63) is 0 Å². The monoisotopic (exact) mass is 198 g/mol. The minimum Gasteiger partial charge on any atom is -0.444 e. The van der Waals surface area contributed by atoms with Gasteiger partial charge in [-0.25, -0.2) is 4.79 Å². The summed E-state index contributed by atoms with van der Waals surface area (Å²) in [4.78, 5) is 11.4. The maximum Gasteiger partial charge on any atom is 0.407 e. The Balaban J connectivity index is 1.74. The third kappa shape index (κ3) is 2.00. The summed E-state index contributed by atoms with van der Waals surface area (Å²) in [6.07, 6.45) is -0.281. The van der Waals surface area contributed by atoms with E-state index in [9.17, 15) is 4.79 Å². The fourth-order valence-corrected chi connectivity index (χ4v) is 2.08. The van der Waals surface area contributed by atoms with Crippen LogP contribution < -0.4 is 10.6 Å². The highest BCUT2D eigenvalue weighted by molar-refractivity contribution is 5.68. The molecule has 0 aromatic carbocycles. The van der Waals surface area contributed by atoms with E-state index in [0.717, 1.165) is 13.1 Å². The number of carbonyl (C=O) groups excluding carboxylic acids is 1. The molecule has 80 valence electrons. The minimum absolute atomic E-state index is 0.281. The third-order valence-electron chi connectivity index (χ3n) is 2.78. The molecule has 2 N–H and O–H groups in total. The van der Waals surface area contributed by atoms with Crippen molar-refractivity contribution in [3.63, 3.8) is 0 Å². The molecule has 0 bridgehead atoms. The number of piperidine rings is 1. The molecule has 1 saturated carbocycles. The van der Waals surface area contributed by atoms with E-state index in [1.807, 2.05) is 20.8 Å². The van der Waals surface area contributed by atoms with Gasteiger partial charge < -0.3 is 15.4 Å². The first-order valence-corrected chi connectivity index (χ1v) is 5.17. The Labute approximate surface area is 84.4 Å². The molecule has 4 heteroatoms. The van der Waals surface area contributed by atoms with Crippen molar-refractivity contribution in [1.29, 1.82) is 0 Å². The van der Waals surface area contributed by atoms with E-state index in [1.165, 1.54) is 0 Å². The van der Waals surface area contributed by atoms with E-state index in [2.05, 4.69) is 10.6 Å². The Kier molecular flexibility index (Phi) is 2.18. The molecule has 1 heterocycles. The number of alkyl carbamates (subject to hydrolysis) is 1. The molecule has 4 nitrogen and oxygen atoms in total. The van der Waals surface area contributed by atoms with Gasteiger partial charge in [0.05, 0.1) is 0 Å². The highest BCUT2D eigenvalue weighted by Gasteiger charge is 2.54. The summed E-state index contributed by atoms with van der Waals surface area (Å²) >= 11 is 0. The summed E-state index contributed by atoms with van der Waals surface area (Å²) in [6.45, 7) is 7.70. The van der Waals surface area contributed by atoms with Crippen LogP contribution >= 0.6 is 0 Å². The van der Waals surface area contributed by atoms with Gasteiger partial charge >= 0.3 is 6.09 Å². The number of hydrogen-bond acceptors (Lipinski definition) is 3. The lowest BCUT2D eigenvalue weighted by Crippen LogP contribution is -2.37. The van der Waals surface area contributed by atoms with E-state index in [0.29, 0.717) is 17.9 Å². The number of carbonyl (C=O) groups is 1. The number of hydrogen-bond donors (Lipinski definition) is 2. The first-order valence-electron chi connectivity index (χ1n) is 5.17. The van der Waals surface area contributed by atoms with Crippen LogP contribution in [-0.4, -0.2) is 30.8 Å². The van der Waals surface area contributed by atoms with Gasteiger partial charge in [-0.05, 0) is 32.6 Å². The zero-order chi connectivity index (χ0) is 10.3. The number of nitrogens with one attached hydrogen (secondary N) is 2. The van der Waals surface area contributed by atoms with Crippen LogP contribution in [0.5, 0.6) is 0 Å². The van der Waals surface area contributed by atoms with Crippen LogP contribution in [0.1, 0.15) is 20.8 Å². The molecule has 2 rings (SSSR count). The average molecular weight is 198 g/mol. The molecule has 0 spiro atoms. The summed E-state index contributed by atoms with van der Waals surface area (Å²) in [5.41, 5.74) is -0.396. The van der Waals surface area contributed by atoms with E-state index < -0.39 is 5.60 Å². The largest absolute Gasteiger partial charge is 0.444 e. The van der Waals surface area contributed by atoms with Crippen molar-refractivity contribution in [1.82, 2.24) is 10.6 Å². The van der Waals surface area contributed by atoms with Gasteiger partial charge in [-0.3, -0.25) is 0 Å². The maximum absolute atomic E-state index is 11.4. The second-order valence-corrected chi connectivity index (χ2v) is 5.16. The fourth-order valence-electron chi connectivity index (χ4n) is 2.08. The molecule has 0 radical (unpaired) electrons. The predicted molar refractivity (Wildman–Crippen MR) is 53.0 cm³/mol. The van der Waals surface area contributed by atoms with Crippen LogP contribution in [0, 0.1) is 11.8 Å². The number of amides is 1. The second kappa shape index (κ2) is 3.12. The zero-order valence-electron chi connectivity index (χ0n) is 8.96. The highest BCUT2D eigenvalue weighted by atomic mass is 16.6. The molecule has 2 aliphatic rings.